The average molecular weight is 435 g/mol. The van der Waals surface area contributed by atoms with Crippen molar-refractivity contribution in [3.05, 3.63) is 53.0 Å². The van der Waals surface area contributed by atoms with Gasteiger partial charge in [0.15, 0.2) is 11.4 Å². The Bertz CT molecular complexity index is 939. The summed E-state index contributed by atoms with van der Waals surface area (Å²) in [4.78, 5) is 7.32. The number of rotatable bonds is 5. The van der Waals surface area contributed by atoms with E-state index in [9.17, 15) is 9.42 Å². The summed E-state index contributed by atoms with van der Waals surface area (Å²) in [7, 11) is -1.54. The molecule has 2 heterocycles. The fourth-order valence-electron chi connectivity index (χ4n) is 2.38. The van der Waals surface area contributed by atoms with E-state index in [1.807, 2.05) is 24.3 Å². The molecule has 1 atom stereocenters. The minimum Gasteiger partial charge on any atom is -0.618 e. The summed E-state index contributed by atoms with van der Waals surface area (Å²) in [6.45, 7) is 1.51. The highest BCUT2D eigenvalue weighted by Crippen LogP contribution is 2.28. The van der Waals surface area contributed by atoms with Gasteiger partial charge in [0.05, 0.1) is 27.4 Å². The zero-order chi connectivity index (χ0) is 18.9. The van der Waals surface area contributed by atoms with E-state index in [-0.39, 0.29) is 12.4 Å². The highest BCUT2D eigenvalue weighted by atomic mass is 35.6. The number of H-pyrrole nitrogens is 1. The third kappa shape index (κ3) is 4.40. The molecule has 0 spiro atoms. The van der Waals surface area contributed by atoms with E-state index in [0.717, 1.165) is 5.52 Å². The molecule has 3 aromatic rings. The number of halogens is 3. The average Bonchev–Trinajstić information content (AvgIpc) is 3.01. The molecule has 1 unspecified atom stereocenters. The van der Waals surface area contributed by atoms with Crippen LogP contribution in [-0.4, -0.2) is 24.6 Å². The topological polar surface area (TPSA) is 81.9 Å². The first kappa shape index (κ1) is 19.2. The van der Waals surface area contributed by atoms with Crippen LogP contribution in [0.4, 0.5) is 0 Å². The van der Waals surface area contributed by atoms with Crippen molar-refractivity contribution in [1.82, 2.24) is 9.97 Å². The Morgan fingerprint density at radius 1 is 1.31 bits per heavy atom. The van der Waals surface area contributed by atoms with Gasteiger partial charge >= 0.3 is 0 Å². The summed E-state index contributed by atoms with van der Waals surface area (Å²) in [5.74, 6) is 0.361. The van der Waals surface area contributed by atoms with E-state index in [0.29, 0.717) is 32.4 Å². The Balaban J connectivity index is 1.85. The van der Waals surface area contributed by atoms with Gasteiger partial charge in [0.25, 0.3) is 0 Å². The number of hydrogen-bond acceptors (Lipinski definition) is 4. The molecular weight excluding hydrogens is 421 g/mol. The zero-order valence-corrected chi connectivity index (χ0v) is 16.6. The van der Waals surface area contributed by atoms with Gasteiger partial charge in [-0.2, -0.15) is 4.73 Å². The molecule has 0 saturated carbocycles. The Kier molecular flexibility index (Phi) is 5.62. The number of fused-ring (bicyclic) bond motifs is 1. The molecule has 1 N–H and O–H groups in total. The van der Waals surface area contributed by atoms with Gasteiger partial charge in [-0.25, -0.2) is 4.98 Å². The predicted molar refractivity (Wildman–Crippen MR) is 102 cm³/mol. The second-order valence-corrected chi connectivity index (χ2v) is 9.41. The van der Waals surface area contributed by atoms with Crippen molar-refractivity contribution in [2.45, 2.75) is 21.6 Å². The van der Waals surface area contributed by atoms with Crippen LogP contribution in [0.2, 0.25) is 0 Å². The highest BCUT2D eigenvalue weighted by molar-refractivity contribution is 7.84. The molecule has 0 aliphatic carbocycles. The van der Waals surface area contributed by atoms with Crippen LogP contribution in [0.3, 0.4) is 0 Å². The first-order valence-electron chi connectivity index (χ1n) is 7.49. The maximum absolute atomic E-state index is 12.7. The summed E-state index contributed by atoms with van der Waals surface area (Å²) >= 11 is 17.1. The largest absolute Gasteiger partial charge is 0.618 e. The summed E-state index contributed by atoms with van der Waals surface area (Å²) in [6, 6.07) is 8.84. The van der Waals surface area contributed by atoms with Crippen LogP contribution in [0.15, 0.2) is 41.7 Å². The number of nitrogens with zero attached hydrogens (tertiary/aromatic N) is 2. The van der Waals surface area contributed by atoms with Crippen LogP contribution in [0.1, 0.15) is 11.3 Å². The lowest BCUT2D eigenvalue weighted by atomic mass is 10.2. The molecule has 0 fully saturated rings. The molecule has 0 aliphatic heterocycles. The maximum Gasteiger partial charge on any atom is 0.223 e. The number of aromatic nitrogens is 3. The van der Waals surface area contributed by atoms with Gasteiger partial charge in [-0.15, -0.1) is 0 Å². The van der Waals surface area contributed by atoms with Gasteiger partial charge in [0.2, 0.25) is 9.49 Å². The maximum atomic E-state index is 12.7. The Morgan fingerprint density at radius 2 is 2.04 bits per heavy atom. The molecule has 0 radical (unpaired) electrons. The van der Waals surface area contributed by atoms with E-state index < -0.39 is 14.6 Å². The molecule has 138 valence electrons. The molecule has 10 heteroatoms. The van der Waals surface area contributed by atoms with Crippen molar-refractivity contribution >= 4 is 56.6 Å². The van der Waals surface area contributed by atoms with Gasteiger partial charge in [0, 0.05) is 6.07 Å². The quantitative estimate of drug-likeness (QED) is 0.378. The van der Waals surface area contributed by atoms with Crippen LogP contribution >= 0.6 is 34.8 Å². The fourth-order valence-corrected chi connectivity index (χ4v) is 3.69. The van der Waals surface area contributed by atoms with Crippen molar-refractivity contribution < 1.29 is 13.7 Å². The third-order valence-corrected chi connectivity index (χ3v) is 5.16. The lowest BCUT2D eigenvalue weighted by Gasteiger charge is -2.15. The first-order chi connectivity index (χ1) is 12.2. The molecular formula is C16H14Cl3N3O3S. The van der Waals surface area contributed by atoms with Gasteiger partial charge in [0.1, 0.15) is 18.1 Å². The Labute approximate surface area is 167 Å². The van der Waals surface area contributed by atoms with Crippen molar-refractivity contribution in [3.8, 4) is 5.75 Å². The molecule has 0 amide bonds. The highest BCUT2D eigenvalue weighted by Gasteiger charge is 2.24. The summed E-state index contributed by atoms with van der Waals surface area (Å²) < 4.78 is 17.2. The lowest BCUT2D eigenvalue weighted by molar-refractivity contribution is -0.613. The van der Waals surface area contributed by atoms with Gasteiger partial charge in [-0.05, 0) is 19.1 Å². The lowest BCUT2D eigenvalue weighted by Crippen LogP contribution is -2.33. The Hall–Kier alpha value is -1.54. The normalized spacial score (nSPS) is 13.1. The Morgan fingerprint density at radius 3 is 2.73 bits per heavy atom. The van der Waals surface area contributed by atoms with E-state index in [1.54, 1.807) is 6.92 Å². The summed E-state index contributed by atoms with van der Waals surface area (Å²) in [6.07, 6.45) is 1.27. The molecule has 6 nitrogen and oxygen atoms in total. The predicted octanol–water partition coefficient (Wildman–Crippen LogP) is 3.56. The second-order valence-electron chi connectivity index (χ2n) is 5.53. The zero-order valence-electron chi connectivity index (χ0n) is 13.5. The van der Waals surface area contributed by atoms with E-state index in [4.69, 9.17) is 39.5 Å². The van der Waals surface area contributed by atoms with Crippen molar-refractivity contribution in [2.75, 3.05) is 6.61 Å². The van der Waals surface area contributed by atoms with Crippen LogP contribution < -0.4 is 9.47 Å². The molecule has 26 heavy (non-hydrogen) atoms. The van der Waals surface area contributed by atoms with E-state index >= 15 is 0 Å². The molecule has 0 aliphatic rings. The standard InChI is InChI=1S/C16H14Cl3N3O3S/c1-10-13(22(23)7-6-14(10)25-9-16(17,18)19)8-26(24)15-20-11-4-2-3-5-12(11)21-15/h2-7H,8-9H2,1H3,(H,20,21). The monoisotopic (exact) mass is 433 g/mol. The molecule has 1 aromatic carbocycles. The minimum absolute atomic E-state index is 0.0277. The first-order valence-corrected chi connectivity index (χ1v) is 9.94. The molecule has 3 rings (SSSR count). The van der Waals surface area contributed by atoms with Crippen LogP contribution in [-0.2, 0) is 16.6 Å². The summed E-state index contributed by atoms with van der Waals surface area (Å²) in [5, 5.41) is 12.5. The van der Waals surface area contributed by atoms with Crippen LogP contribution in [0.25, 0.3) is 11.0 Å². The molecule has 0 saturated heterocycles. The number of para-hydroxylation sites is 2. The smallest absolute Gasteiger partial charge is 0.223 e. The summed E-state index contributed by atoms with van der Waals surface area (Å²) in [5.41, 5.74) is 2.32. The number of aromatic amines is 1. The number of benzene rings is 1. The van der Waals surface area contributed by atoms with Gasteiger partial charge < -0.3 is 14.9 Å². The number of pyridine rings is 1. The molecule has 0 bridgehead atoms. The van der Waals surface area contributed by atoms with Crippen molar-refractivity contribution in [3.63, 3.8) is 0 Å². The van der Waals surface area contributed by atoms with Crippen molar-refractivity contribution in [2.24, 2.45) is 0 Å². The number of alkyl halides is 3. The number of ether oxygens (including phenoxy) is 1. The third-order valence-electron chi connectivity index (χ3n) is 3.67. The van der Waals surface area contributed by atoms with Crippen LogP contribution in [0, 0.1) is 12.1 Å². The van der Waals surface area contributed by atoms with Gasteiger partial charge in [-0.3, -0.25) is 4.21 Å². The van der Waals surface area contributed by atoms with E-state index in [1.165, 1.54) is 12.3 Å². The molecule has 2 aromatic heterocycles. The second kappa shape index (κ2) is 7.60. The minimum atomic E-state index is -1.58. The van der Waals surface area contributed by atoms with Gasteiger partial charge in [-0.1, -0.05) is 46.9 Å². The number of nitrogens with one attached hydrogen (secondary N) is 1. The number of imidazole rings is 1. The van der Waals surface area contributed by atoms with E-state index in [2.05, 4.69) is 9.97 Å². The SMILES string of the molecule is Cc1c(OCC(Cl)(Cl)Cl)cc[n+]([O-])c1CS(=O)c1nc2ccccc2[nH]1. The fraction of sp³-hybridized carbons (Fsp3) is 0.250. The number of hydrogen-bond donors (Lipinski definition) is 1. The van der Waals surface area contributed by atoms with Crippen molar-refractivity contribution in [1.29, 1.82) is 0 Å². The van der Waals surface area contributed by atoms with Crippen LogP contribution in [0.5, 0.6) is 5.75 Å².